The topological polar surface area (TPSA) is 46.8 Å². The largest absolute Gasteiger partial charge is 0.333 e. The molecule has 2 aromatic heterocycles. The van der Waals surface area contributed by atoms with E-state index in [9.17, 15) is 0 Å². The van der Waals surface area contributed by atoms with E-state index in [0.717, 1.165) is 30.3 Å². The van der Waals surface area contributed by atoms with E-state index in [-0.39, 0.29) is 0 Å². The molecular weight excluding hydrogens is 238 g/mol. The zero-order valence-corrected chi connectivity index (χ0v) is 11.5. The third-order valence-corrected chi connectivity index (χ3v) is 3.86. The van der Waals surface area contributed by atoms with Gasteiger partial charge in [-0.25, -0.2) is 9.97 Å². The number of rotatable bonds is 2. The van der Waals surface area contributed by atoms with Gasteiger partial charge in [0.2, 0.25) is 0 Å². The van der Waals surface area contributed by atoms with Gasteiger partial charge in [-0.05, 0) is 33.0 Å². The Morgan fingerprint density at radius 3 is 2.42 bits per heavy atom. The molecule has 0 radical (unpaired) electrons. The molecule has 5 heteroatoms. The van der Waals surface area contributed by atoms with Gasteiger partial charge in [0.25, 0.3) is 0 Å². The second-order valence-electron chi connectivity index (χ2n) is 5.27. The standard InChI is InChI=1S/C14H19N5/c1-18-6-3-11(4-7-18)12-9-17-13(10-16-12)14-15-5-8-19(14)2/h5,8-11H,3-4,6-7H2,1-2H3. The summed E-state index contributed by atoms with van der Waals surface area (Å²) in [6.07, 6.45) is 9.81. The molecular formula is C14H19N5. The van der Waals surface area contributed by atoms with E-state index < -0.39 is 0 Å². The summed E-state index contributed by atoms with van der Waals surface area (Å²) in [6.45, 7) is 2.29. The Morgan fingerprint density at radius 2 is 1.84 bits per heavy atom. The third-order valence-electron chi connectivity index (χ3n) is 3.86. The summed E-state index contributed by atoms with van der Waals surface area (Å²) in [5, 5.41) is 0. The molecule has 1 aliphatic rings. The van der Waals surface area contributed by atoms with E-state index in [1.807, 2.05) is 30.2 Å². The Bertz CT molecular complexity index is 537. The number of hydrogen-bond acceptors (Lipinski definition) is 4. The van der Waals surface area contributed by atoms with E-state index in [0.29, 0.717) is 5.92 Å². The summed E-state index contributed by atoms with van der Waals surface area (Å²) in [7, 11) is 4.14. The van der Waals surface area contributed by atoms with Crippen LogP contribution >= 0.6 is 0 Å². The summed E-state index contributed by atoms with van der Waals surface area (Å²) < 4.78 is 1.96. The molecule has 3 heterocycles. The molecule has 2 aromatic rings. The first kappa shape index (κ1) is 12.3. The van der Waals surface area contributed by atoms with E-state index >= 15 is 0 Å². The molecule has 0 amide bonds. The molecule has 1 saturated heterocycles. The highest BCUT2D eigenvalue weighted by molar-refractivity contribution is 5.47. The number of hydrogen-bond donors (Lipinski definition) is 0. The lowest BCUT2D eigenvalue weighted by atomic mass is 9.94. The minimum Gasteiger partial charge on any atom is -0.333 e. The maximum Gasteiger partial charge on any atom is 0.159 e. The molecule has 1 aliphatic heterocycles. The molecule has 0 atom stereocenters. The Hall–Kier alpha value is -1.75. The van der Waals surface area contributed by atoms with Crippen LogP contribution in [0.4, 0.5) is 0 Å². The van der Waals surface area contributed by atoms with Crippen LogP contribution in [-0.4, -0.2) is 44.6 Å². The van der Waals surface area contributed by atoms with Gasteiger partial charge in [0, 0.05) is 31.6 Å². The van der Waals surface area contributed by atoms with Crippen molar-refractivity contribution in [1.82, 2.24) is 24.4 Å². The number of aromatic nitrogens is 4. The van der Waals surface area contributed by atoms with Crippen molar-refractivity contribution in [2.75, 3.05) is 20.1 Å². The molecule has 0 spiro atoms. The monoisotopic (exact) mass is 257 g/mol. The predicted molar refractivity (Wildman–Crippen MR) is 73.7 cm³/mol. The molecule has 0 bridgehead atoms. The van der Waals surface area contributed by atoms with Crippen LogP contribution < -0.4 is 0 Å². The van der Waals surface area contributed by atoms with Crippen LogP contribution in [-0.2, 0) is 7.05 Å². The highest BCUT2D eigenvalue weighted by atomic mass is 15.1. The van der Waals surface area contributed by atoms with Gasteiger partial charge in [-0.15, -0.1) is 0 Å². The van der Waals surface area contributed by atoms with Gasteiger partial charge in [-0.2, -0.15) is 0 Å². The van der Waals surface area contributed by atoms with Gasteiger partial charge in [-0.1, -0.05) is 0 Å². The zero-order valence-electron chi connectivity index (χ0n) is 11.5. The fourth-order valence-corrected chi connectivity index (χ4v) is 2.58. The Kier molecular flexibility index (Phi) is 3.29. The second kappa shape index (κ2) is 5.09. The molecule has 3 rings (SSSR count). The SMILES string of the molecule is CN1CCC(c2cnc(-c3nccn3C)cn2)CC1. The van der Waals surface area contributed by atoms with Crippen molar-refractivity contribution >= 4 is 0 Å². The van der Waals surface area contributed by atoms with Crippen LogP contribution in [0.5, 0.6) is 0 Å². The van der Waals surface area contributed by atoms with Crippen LogP contribution in [0.15, 0.2) is 24.8 Å². The van der Waals surface area contributed by atoms with Crippen LogP contribution in [0.1, 0.15) is 24.5 Å². The van der Waals surface area contributed by atoms with E-state index in [2.05, 4.69) is 26.9 Å². The van der Waals surface area contributed by atoms with E-state index in [1.165, 1.54) is 12.8 Å². The molecule has 5 nitrogen and oxygen atoms in total. The van der Waals surface area contributed by atoms with E-state index in [1.54, 1.807) is 6.20 Å². The first-order valence-corrected chi connectivity index (χ1v) is 6.72. The number of likely N-dealkylation sites (tertiary alicyclic amines) is 1. The maximum atomic E-state index is 4.59. The van der Waals surface area contributed by atoms with Gasteiger partial charge in [-0.3, -0.25) is 4.98 Å². The van der Waals surface area contributed by atoms with Crippen molar-refractivity contribution in [3.8, 4) is 11.5 Å². The normalized spacial score (nSPS) is 17.8. The van der Waals surface area contributed by atoms with Crippen LogP contribution in [0, 0.1) is 0 Å². The minimum absolute atomic E-state index is 0.555. The number of aryl methyl sites for hydroxylation is 1. The zero-order chi connectivity index (χ0) is 13.2. The summed E-state index contributed by atoms with van der Waals surface area (Å²) in [6, 6.07) is 0. The Balaban J connectivity index is 1.78. The van der Waals surface area contributed by atoms with Crippen molar-refractivity contribution in [2.45, 2.75) is 18.8 Å². The van der Waals surface area contributed by atoms with Crippen molar-refractivity contribution in [1.29, 1.82) is 0 Å². The van der Waals surface area contributed by atoms with Gasteiger partial charge in [0.15, 0.2) is 5.82 Å². The van der Waals surface area contributed by atoms with Gasteiger partial charge >= 0.3 is 0 Å². The summed E-state index contributed by atoms with van der Waals surface area (Å²) in [5.74, 6) is 1.42. The van der Waals surface area contributed by atoms with E-state index in [4.69, 9.17) is 0 Å². The molecule has 100 valence electrons. The average Bonchev–Trinajstić information content (AvgIpc) is 2.86. The molecule has 0 saturated carbocycles. The molecule has 1 fully saturated rings. The highest BCUT2D eigenvalue weighted by Crippen LogP contribution is 2.26. The minimum atomic E-state index is 0.555. The number of imidazole rings is 1. The molecule has 19 heavy (non-hydrogen) atoms. The lowest BCUT2D eigenvalue weighted by molar-refractivity contribution is 0.253. The van der Waals surface area contributed by atoms with Gasteiger partial charge < -0.3 is 9.47 Å². The molecule has 0 N–H and O–H groups in total. The first-order valence-electron chi connectivity index (χ1n) is 6.72. The van der Waals surface area contributed by atoms with Crippen LogP contribution in [0.3, 0.4) is 0 Å². The third kappa shape index (κ3) is 2.51. The van der Waals surface area contributed by atoms with Crippen molar-refractivity contribution < 1.29 is 0 Å². The lowest BCUT2D eigenvalue weighted by Gasteiger charge is -2.28. The van der Waals surface area contributed by atoms with Crippen molar-refractivity contribution in [2.24, 2.45) is 7.05 Å². The Morgan fingerprint density at radius 1 is 1.05 bits per heavy atom. The summed E-state index contributed by atoms with van der Waals surface area (Å²) >= 11 is 0. The maximum absolute atomic E-state index is 4.59. The average molecular weight is 257 g/mol. The first-order chi connectivity index (χ1) is 9.24. The lowest BCUT2D eigenvalue weighted by Crippen LogP contribution is -2.29. The predicted octanol–water partition coefficient (Wildman–Crippen LogP) is 1.69. The summed E-state index contributed by atoms with van der Waals surface area (Å²) in [4.78, 5) is 15.8. The van der Waals surface area contributed by atoms with Crippen LogP contribution in [0.25, 0.3) is 11.5 Å². The molecule has 0 aromatic carbocycles. The smallest absolute Gasteiger partial charge is 0.159 e. The van der Waals surface area contributed by atoms with Gasteiger partial charge in [0.05, 0.1) is 11.9 Å². The van der Waals surface area contributed by atoms with Crippen LogP contribution in [0.2, 0.25) is 0 Å². The summed E-state index contributed by atoms with van der Waals surface area (Å²) in [5.41, 5.74) is 1.95. The number of nitrogens with zero attached hydrogens (tertiary/aromatic N) is 5. The number of piperidine rings is 1. The van der Waals surface area contributed by atoms with Crippen molar-refractivity contribution in [3.05, 3.63) is 30.5 Å². The fraction of sp³-hybridized carbons (Fsp3) is 0.500. The Labute approximate surface area is 113 Å². The van der Waals surface area contributed by atoms with Gasteiger partial charge in [0.1, 0.15) is 5.69 Å². The molecule has 0 aliphatic carbocycles. The highest BCUT2D eigenvalue weighted by Gasteiger charge is 2.19. The fourth-order valence-electron chi connectivity index (χ4n) is 2.58. The second-order valence-corrected chi connectivity index (χ2v) is 5.27. The molecule has 0 unspecified atom stereocenters. The van der Waals surface area contributed by atoms with Crippen molar-refractivity contribution in [3.63, 3.8) is 0 Å². The quantitative estimate of drug-likeness (QED) is 0.821.